The van der Waals surface area contributed by atoms with Crippen LogP contribution in [0.1, 0.15) is 26.3 Å². The number of aliphatic hydroxyl groups is 1. The van der Waals surface area contributed by atoms with Crippen molar-refractivity contribution in [2.75, 3.05) is 18.5 Å². The maximum Gasteiger partial charge on any atom is 0.277 e. The van der Waals surface area contributed by atoms with Crippen LogP contribution >= 0.6 is 0 Å². The SMILES string of the molecule is Cc1ccc(Nc2c(C(=O)NOCCO)cc(C=O)c(F)c2F)c(F)c1. The second-order valence-corrected chi connectivity index (χ2v) is 5.25. The van der Waals surface area contributed by atoms with Crippen molar-refractivity contribution in [1.82, 2.24) is 5.48 Å². The third kappa shape index (κ3) is 4.19. The minimum atomic E-state index is -1.53. The number of amides is 1. The number of aldehydes is 1. The number of anilines is 2. The van der Waals surface area contributed by atoms with E-state index in [0.717, 1.165) is 6.07 Å². The summed E-state index contributed by atoms with van der Waals surface area (Å²) in [7, 11) is 0. The fraction of sp³-hybridized carbons (Fsp3) is 0.176. The number of hydroxylamine groups is 1. The Hall–Kier alpha value is -2.91. The zero-order valence-corrected chi connectivity index (χ0v) is 13.6. The van der Waals surface area contributed by atoms with Crippen molar-refractivity contribution < 1.29 is 32.7 Å². The molecule has 9 heteroatoms. The number of rotatable bonds is 7. The number of benzene rings is 2. The van der Waals surface area contributed by atoms with Crippen molar-refractivity contribution >= 4 is 23.6 Å². The molecule has 0 saturated heterocycles. The molecule has 6 nitrogen and oxygen atoms in total. The molecule has 0 unspecified atom stereocenters. The first kappa shape index (κ1) is 19.4. The maximum atomic E-state index is 14.4. The lowest BCUT2D eigenvalue weighted by Crippen LogP contribution is -2.26. The summed E-state index contributed by atoms with van der Waals surface area (Å²) in [4.78, 5) is 27.7. The highest BCUT2D eigenvalue weighted by molar-refractivity contribution is 6.01. The second kappa shape index (κ2) is 8.45. The zero-order chi connectivity index (χ0) is 19.3. The normalized spacial score (nSPS) is 10.5. The number of carbonyl (C=O) groups excluding carboxylic acids is 2. The quantitative estimate of drug-likeness (QED) is 0.397. The number of nitrogens with one attached hydrogen (secondary N) is 2. The minimum Gasteiger partial charge on any atom is -0.394 e. The molecule has 3 N–H and O–H groups in total. The Morgan fingerprint density at radius 3 is 2.58 bits per heavy atom. The topological polar surface area (TPSA) is 87.7 Å². The van der Waals surface area contributed by atoms with Gasteiger partial charge in [-0.05, 0) is 30.7 Å². The third-order valence-corrected chi connectivity index (χ3v) is 3.35. The molecule has 0 aliphatic carbocycles. The number of hydrogen-bond acceptors (Lipinski definition) is 5. The molecule has 0 aromatic heterocycles. The van der Waals surface area contributed by atoms with Gasteiger partial charge in [-0.2, -0.15) is 0 Å². The van der Waals surface area contributed by atoms with Gasteiger partial charge in [-0.25, -0.2) is 18.7 Å². The van der Waals surface area contributed by atoms with E-state index in [2.05, 4.69) is 10.2 Å². The monoisotopic (exact) mass is 368 g/mol. The van der Waals surface area contributed by atoms with Gasteiger partial charge in [0.25, 0.3) is 5.91 Å². The highest BCUT2D eigenvalue weighted by Crippen LogP contribution is 2.29. The molecule has 0 heterocycles. The Morgan fingerprint density at radius 1 is 1.23 bits per heavy atom. The van der Waals surface area contributed by atoms with E-state index in [-0.39, 0.29) is 18.6 Å². The van der Waals surface area contributed by atoms with E-state index in [1.807, 2.05) is 5.48 Å². The number of halogens is 3. The van der Waals surface area contributed by atoms with E-state index in [0.29, 0.717) is 5.56 Å². The Kier molecular flexibility index (Phi) is 6.31. The van der Waals surface area contributed by atoms with Crippen LogP contribution in [-0.2, 0) is 4.84 Å². The van der Waals surface area contributed by atoms with Crippen LogP contribution in [0.25, 0.3) is 0 Å². The van der Waals surface area contributed by atoms with E-state index < -0.39 is 46.8 Å². The summed E-state index contributed by atoms with van der Waals surface area (Å²) in [6, 6.07) is 4.79. The molecule has 0 aliphatic rings. The van der Waals surface area contributed by atoms with Gasteiger partial charge in [0.15, 0.2) is 17.9 Å². The summed E-state index contributed by atoms with van der Waals surface area (Å²) in [6.07, 6.45) is 0.0417. The first-order chi connectivity index (χ1) is 12.4. The van der Waals surface area contributed by atoms with Gasteiger partial charge < -0.3 is 10.4 Å². The third-order valence-electron chi connectivity index (χ3n) is 3.35. The minimum absolute atomic E-state index is 0.0417. The molecule has 0 radical (unpaired) electrons. The predicted molar refractivity (Wildman–Crippen MR) is 86.7 cm³/mol. The van der Waals surface area contributed by atoms with Gasteiger partial charge in [0, 0.05) is 0 Å². The maximum absolute atomic E-state index is 14.4. The number of aryl methyl sites for hydroxylation is 1. The second-order valence-electron chi connectivity index (χ2n) is 5.25. The number of aliphatic hydroxyl groups excluding tert-OH is 1. The van der Waals surface area contributed by atoms with E-state index in [1.165, 1.54) is 18.2 Å². The van der Waals surface area contributed by atoms with Crippen molar-refractivity contribution in [2.45, 2.75) is 6.92 Å². The van der Waals surface area contributed by atoms with Crippen LogP contribution in [0.15, 0.2) is 24.3 Å². The fourth-order valence-electron chi connectivity index (χ4n) is 2.11. The van der Waals surface area contributed by atoms with E-state index in [1.54, 1.807) is 6.92 Å². The lowest BCUT2D eigenvalue weighted by molar-refractivity contribution is 0.0168. The number of carbonyl (C=O) groups is 2. The van der Waals surface area contributed by atoms with Crippen molar-refractivity contribution in [1.29, 1.82) is 0 Å². The van der Waals surface area contributed by atoms with Gasteiger partial charge >= 0.3 is 0 Å². The Labute approximate surface area is 146 Å². The molecule has 26 heavy (non-hydrogen) atoms. The average molecular weight is 368 g/mol. The zero-order valence-electron chi connectivity index (χ0n) is 13.6. The van der Waals surface area contributed by atoms with Crippen LogP contribution in [0.3, 0.4) is 0 Å². The van der Waals surface area contributed by atoms with Crippen molar-refractivity contribution in [2.24, 2.45) is 0 Å². The summed E-state index contributed by atoms with van der Waals surface area (Å²) in [5.41, 5.74) is 0.479. The van der Waals surface area contributed by atoms with Crippen LogP contribution in [0.5, 0.6) is 0 Å². The molecule has 2 aromatic rings. The summed E-state index contributed by atoms with van der Waals surface area (Å²) in [6.45, 7) is 1.01. The summed E-state index contributed by atoms with van der Waals surface area (Å²) < 4.78 is 42.3. The van der Waals surface area contributed by atoms with Gasteiger partial charge in [-0.1, -0.05) is 6.07 Å². The van der Waals surface area contributed by atoms with Crippen LogP contribution in [0, 0.1) is 24.4 Å². The highest BCUT2D eigenvalue weighted by Gasteiger charge is 2.23. The Morgan fingerprint density at radius 2 is 1.96 bits per heavy atom. The molecule has 2 aromatic carbocycles. The first-order valence-corrected chi connectivity index (χ1v) is 7.42. The molecular formula is C17H15F3N2O4. The first-order valence-electron chi connectivity index (χ1n) is 7.42. The summed E-state index contributed by atoms with van der Waals surface area (Å²) in [5, 5.41) is 11.0. The smallest absolute Gasteiger partial charge is 0.277 e. The molecule has 2 rings (SSSR count). The molecular weight excluding hydrogens is 353 g/mol. The molecule has 0 aliphatic heterocycles. The summed E-state index contributed by atoms with van der Waals surface area (Å²) >= 11 is 0. The van der Waals surface area contributed by atoms with E-state index in [4.69, 9.17) is 5.11 Å². The fourth-order valence-corrected chi connectivity index (χ4v) is 2.11. The van der Waals surface area contributed by atoms with Crippen LogP contribution < -0.4 is 10.8 Å². The van der Waals surface area contributed by atoms with Gasteiger partial charge in [0.1, 0.15) is 5.82 Å². The molecule has 0 fully saturated rings. The molecule has 0 saturated carbocycles. The molecule has 1 amide bonds. The van der Waals surface area contributed by atoms with Crippen molar-refractivity contribution in [3.63, 3.8) is 0 Å². The molecule has 0 bridgehead atoms. The average Bonchev–Trinajstić information content (AvgIpc) is 2.61. The highest BCUT2D eigenvalue weighted by atomic mass is 19.2. The van der Waals surface area contributed by atoms with Crippen LogP contribution in [0.4, 0.5) is 24.5 Å². The van der Waals surface area contributed by atoms with Gasteiger partial charge in [0.05, 0.1) is 35.7 Å². The largest absolute Gasteiger partial charge is 0.394 e. The predicted octanol–water partition coefficient (Wildman–Crippen LogP) is 2.62. The lowest BCUT2D eigenvalue weighted by Gasteiger charge is -2.15. The Balaban J connectivity index is 2.49. The van der Waals surface area contributed by atoms with Gasteiger partial charge in [0.2, 0.25) is 0 Å². The molecule has 0 spiro atoms. The van der Waals surface area contributed by atoms with E-state index in [9.17, 15) is 22.8 Å². The standard InChI is InChI=1S/C17H15F3N2O4/c1-9-2-3-13(12(18)6-9)21-16-11(17(25)22-26-5-4-23)7-10(8-24)14(19)15(16)20/h2-3,6-8,21,23H,4-5H2,1H3,(H,22,25). The molecule has 138 valence electrons. The number of hydrogen-bond donors (Lipinski definition) is 3. The van der Waals surface area contributed by atoms with Crippen molar-refractivity contribution in [3.8, 4) is 0 Å². The summed E-state index contributed by atoms with van der Waals surface area (Å²) in [5.74, 6) is -4.77. The van der Waals surface area contributed by atoms with Crippen LogP contribution in [-0.4, -0.2) is 30.5 Å². The van der Waals surface area contributed by atoms with Crippen LogP contribution in [0.2, 0.25) is 0 Å². The van der Waals surface area contributed by atoms with Crippen molar-refractivity contribution in [3.05, 3.63) is 58.4 Å². The Bertz CT molecular complexity index is 843. The van der Waals surface area contributed by atoms with Gasteiger partial charge in [-0.3, -0.25) is 14.4 Å². The lowest BCUT2D eigenvalue weighted by atomic mass is 10.1. The van der Waals surface area contributed by atoms with E-state index >= 15 is 0 Å². The van der Waals surface area contributed by atoms with Gasteiger partial charge in [-0.15, -0.1) is 0 Å². The molecule has 0 atom stereocenters.